The van der Waals surface area contributed by atoms with Crippen LogP contribution in [0.3, 0.4) is 0 Å². The second kappa shape index (κ2) is 16.3. The van der Waals surface area contributed by atoms with Crippen LogP contribution in [0, 0.1) is 11.8 Å². The number of nitrogens with zero attached hydrogens (tertiary/aromatic N) is 2. The molecule has 1 saturated carbocycles. The lowest BCUT2D eigenvalue weighted by Gasteiger charge is -2.33. The quantitative estimate of drug-likeness (QED) is 0.346. The van der Waals surface area contributed by atoms with Gasteiger partial charge in [0.15, 0.2) is 0 Å². The number of benzene rings is 1. The van der Waals surface area contributed by atoms with E-state index in [9.17, 15) is 9.59 Å². The summed E-state index contributed by atoms with van der Waals surface area (Å²) in [6.07, 6.45) is 9.36. The molecule has 0 radical (unpaired) electrons. The van der Waals surface area contributed by atoms with E-state index in [-0.39, 0.29) is 29.9 Å². The van der Waals surface area contributed by atoms with Crippen molar-refractivity contribution in [1.29, 1.82) is 0 Å². The van der Waals surface area contributed by atoms with E-state index in [1.165, 1.54) is 37.7 Å². The van der Waals surface area contributed by atoms with Gasteiger partial charge < -0.3 is 15.5 Å². The molecule has 3 aliphatic rings. The number of carbonyl (C=O) groups is 2. The molecular weight excluding hydrogens is 525 g/mol. The maximum atomic E-state index is 13.5. The molecule has 1 aliphatic carbocycles. The van der Waals surface area contributed by atoms with E-state index in [2.05, 4.69) is 59.7 Å². The van der Waals surface area contributed by atoms with Crippen molar-refractivity contribution in [3.63, 3.8) is 0 Å². The predicted octanol–water partition coefficient (Wildman–Crippen LogP) is 4.99. The Labute approximate surface area is 245 Å². The Morgan fingerprint density at radius 2 is 1.79 bits per heavy atom. The Morgan fingerprint density at radius 3 is 2.51 bits per heavy atom. The van der Waals surface area contributed by atoms with Crippen LogP contribution in [-0.4, -0.2) is 82.5 Å². The molecule has 1 aromatic carbocycles. The first kappa shape index (κ1) is 30.7. The lowest BCUT2D eigenvalue weighted by molar-refractivity contribution is -0.132. The molecule has 2 aliphatic heterocycles. The Morgan fingerprint density at radius 1 is 1.05 bits per heavy atom. The van der Waals surface area contributed by atoms with Gasteiger partial charge in [-0.15, -0.1) is 11.8 Å². The van der Waals surface area contributed by atoms with Crippen LogP contribution in [0.5, 0.6) is 0 Å². The van der Waals surface area contributed by atoms with E-state index in [4.69, 9.17) is 0 Å². The summed E-state index contributed by atoms with van der Waals surface area (Å²) in [5.74, 6) is 5.22. The Bertz CT molecular complexity index is 873. The molecule has 39 heavy (non-hydrogen) atoms. The van der Waals surface area contributed by atoms with E-state index < -0.39 is 0 Å². The van der Waals surface area contributed by atoms with Crippen LogP contribution in [0.2, 0.25) is 0 Å². The Kier molecular flexibility index (Phi) is 12.8. The van der Waals surface area contributed by atoms with Crippen molar-refractivity contribution in [3.8, 4) is 0 Å². The van der Waals surface area contributed by atoms with Crippen molar-refractivity contribution in [3.05, 3.63) is 35.9 Å². The monoisotopic (exact) mass is 574 g/mol. The zero-order valence-electron chi connectivity index (χ0n) is 24.1. The molecule has 2 amide bonds. The van der Waals surface area contributed by atoms with Crippen molar-refractivity contribution in [2.24, 2.45) is 11.8 Å². The van der Waals surface area contributed by atoms with Crippen LogP contribution in [0.25, 0.3) is 0 Å². The molecule has 3 fully saturated rings. The summed E-state index contributed by atoms with van der Waals surface area (Å²) in [6.45, 7) is 7.90. The summed E-state index contributed by atoms with van der Waals surface area (Å²) in [6, 6.07) is 10.8. The van der Waals surface area contributed by atoms with E-state index >= 15 is 0 Å². The average molecular weight is 575 g/mol. The number of likely N-dealkylation sites (tertiary alicyclic amines) is 1. The van der Waals surface area contributed by atoms with Crippen LogP contribution in [0.1, 0.15) is 70.8 Å². The number of rotatable bonds is 13. The minimum Gasteiger partial charge on any atom is -0.352 e. The fourth-order valence-corrected chi connectivity index (χ4v) is 8.52. The standard InChI is InChI=1S/C31H50N4O2S2/c1-24(2)17-30(36)35-23-39-21-28(35)18-32-29(22-38-20-26-11-7-4-8-12-26)31(37)33-27-13-15-34(16-14-27)19-25-9-5-3-6-10-25/h3,5-6,9-10,24,26-29,32H,4,7-8,11-23H2,1-2H3,(H,33,37)/t28-,29+/m1/s1. The molecule has 0 bridgehead atoms. The van der Waals surface area contributed by atoms with Gasteiger partial charge in [0.1, 0.15) is 0 Å². The first-order valence-corrected chi connectivity index (χ1v) is 17.5. The first-order chi connectivity index (χ1) is 19.0. The molecule has 6 nitrogen and oxygen atoms in total. The number of thioether (sulfide) groups is 2. The van der Waals surface area contributed by atoms with E-state index in [1.807, 2.05) is 28.4 Å². The fraction of sp³-hybridized carbons (Fsp3) is 0.742. The van der Waals surface area contributed by atoms with Gasteiger partial charge in [-0.25, -0.2) is 0 Å². The molecule has 218 valence electrons. The number of piperidine rings is 1. The molecule has 0 unspecified atom stereocenters. The fourth-order valence-electron chi connectivity index (χ4n) is 5.98. The van der Waals surface area contributed by atoms with Crippen LogP contribution in [-0.2, 0) is 16.1 Å². The maximum absolute atomic E-state index is 13.5. The van der Waals surface area contributed by atoms with Gasteiger partial charge in [-0.05, 0) is 48.8 Å². The summed E-state index contributed by atoms with van der Waals surface area (Å²) in [5.41, 5.74) is 1.35. The van der Waals surface area contributed by atoms with Gasteiger partial charge in [0.2, 0.25) is 11.8 Å². The summed E-state index contributed by atoms with van der Waals surface area (Å²) in [5, 5.41) is 7.02. The predicted molar refractivity (Wildman–Crippen MR) is 166 cm³/mol. The van der Waals surface area contributed by atoms with E-state index in [0.717, 1.165) is 61.5 Å². The molecule has 0 spiro atoms. The van der Waals surface area contributed by atoms with Gasteiger partial charge in [-0.3, -0.25) is 14.5 Å². The zero-order chi connectivity index (χ0) is 27.5. The molecule has 2 heterocycles. The van der Waals surface area contributed by atoms with Crippen molar-refractivity contribution in [1.82, 2.24) is 20.4 Å². The van der Waals surface area contributed by atoms with Gasteiger partial charge in [-0.1, -0.05) is 63.4 Å². The van der Waals surface area contributed by atoms with Gasteiger partial charge in [-0.2, -0.15) is 11.8 Å². The van der Waals surface area contributed by atoms with Crippen molar-refractivity contribution >= 4 is 35.3 Å². The Balaban J connectivity index is 1.27. The third kappa shape index (κ3) is 10.3. The third-order valence-corrected chi connectivity index (χ3v) is 10.7. The SMILES string of the molecule is CC(C)CC(=O)N1CSC[C@H]1CN[C@@H](CSCC1CCCCC1)C(=O)NC1CCN(Cc2ccccc2)CC1. The summed E-state index contributed by atoms with van der Waals surface area (Å²) in [7, 11) is 0. The maximum Gasteiger partial charge on any atom is 0.238 e. The highest BCUT2D eigenvalue weighted by atomic mass is 32.2. The second-order valence-corrected chi connectivity index (χ2v) is 14.2. The number of hydrogen-bond donors (Lipinski definition) is 2. The smallest absolute Gasteiger partial charge is 0.238 e. The lowest BCUT2D eigenvalue weighted by Crippen LogP contribution is -2.54. The van der Waals surface area contributed by atoms with Crippen molar-refractivity contribution in [2.75, 3.05) is 42.8 Å². The van der Waals surface area contributed by atoms with Crippen LogP contribution >= 0.6 is 23.5 Å². The van der Waals surface area contributed by atoms with Gasteiger partial charge in [0.25, 0.3) is 0 Å². The highest BCUT2D eigenvalue weighted by Crippen LogP contribution is 2.27. The third-order valence-electron chi connectivity index (χ3n) is 8.35. The summed E-state index contributed by atoms with van der Waals surface area (Å²) < 4.78 is 0. The van der Waals surface area contributed by atoms with Crippen LogP contribution in [0.15, 0.2) is 30.3 Å². The zero-order valence-corrected chi connectivity index (χ0v) is 25.7. The van der Waals surface area contributed by atoms with Crippen LogP contribution < -0.4 is 10.6 Å². The second-order valence-electron chi connectivity index (χ2n) is 12.2. The molecule has 8 heteroatoms. The molecule has 2 saturated heterocycles. The van der Waals surface area contributed by atoms with Crippen LogP contribution in [0.4, 0.5) is 0 Å². The van der Waals surface area contributed by atoms with Crippen molar-refractivity contribution < 1.29 is 9.59 Å². The van der Waals surface area contributed by atoms with E-state index in [1.54, 1.807) is 0 Å². The minimum atomic E-state index is -0.214. The van der Waals surface area contributed by atoms with Gasteiger partial charge in [0.05, 0.1) is 18.0 Å². The van der Waals surface area contributed by atoms with E-state index in [0.29, 0.717) is 18.9 Å². The molecule has 2 atom stereocenters. The largest absolute Gasteiger partial charge is 0.352 e. The highest BCUT2D eigenvalue weighted by Gasteiger charge is 2.31. The molecule has 1 aromatic rings. The first-order valence-electron chi connectivity index (χ1n) is 15.2. The Hall–Kier alpha value is -1.22. The number of hydrogen-bond acceptors (Lipinski definition) is 6. The summed E-state index contributed by atoms with van der Waals surface area (Å²) in [4.78, 5) is 30.9. The number of nitrogens with one attached hydrogen (secondary N) is 2. The number of carbonyl (C=O) groups excluding carboxylic acids is 2. The molecular formula is C31H50N4O2S2. The topological polar surface area (TPSA) is 64.7 Å². The molecule has 0 aromatic heterocycles. The minimum absolute atomic E-state index is 0.137. The lowest BCUT2D eigenvalue weighted by atomic mass is 9.91. The summed E-state index contributed by atoms with van der Waals surface area (Å²) >= 11 is 3.77. The normalized spacial score (nSPS) is 22.3. The van der Waals surface area contributed by atoms with Gasteiger partial charge >= 0.3 is 0 Å². The average Bonchev–Trinajstić information content (AvgIpc) is 3.41. The van der Waals surface area contributed by atoms with Gasteiger partial charge in [0, 0.05) is 50.1 Å². The molecule has 2 N–H and O–H groups in total. The highest BCUT2D eigenvalue weighted by molar-refractivity contribution is 7.99. The molecule has 4 rings (SSSR count). The van der Waals surface area contributed by atoms with Crippen molar-refractivity contribution in [2.45, 2.75) is 89.9 Å². The number of amides is 2.